The van der Waals surface area contributed by atoms with Crippen molar-refractivity contribution in [1.29, 1.82) is 0 Å². The highest BCUT2D eigenvalue weighted by Gasteiger charge is 2.23. The van der Waals surface area contributed by atoms with Gasteiger partial charge in [-0.3, -0.25) is 4.79 Å². The largest absolute Gasteiger partial charge is 0.507 e. The summed E-state index contributed by atoms with van der Waals surface area (Å²) >= 11 is 0. The second kappa shape index (κ2) is 10.8. The Balaban J connectivity index is 2.04. The summed E-state index contributed by atoms with van der Waals surface area (Å²) in [7, 11) is 1.19. The van der Waals surface area contributed by atoms with Gasteiger partial charge >= 0.3 is 12.1 Å². The first kappa shape index (κ1) is 22.7. The second-order valence-electron chi connectivity index (χ2n) is 7.10. The average molecular weight is 414 g/mol. The standard InChI is InChI=1S/C22H26N2O6/c1-14(2)11-18(24-22(28)30-13-15-7-5-4-6-8-15)20(26)23-16-9-10-19(25)17(12-16)21(27)29-3/h4-10,12,14,18,25H,11,13H2,1-3H3,(H,23,26)(H,24,28). The SMILES string of the molecule is COC(=O)c1cc(NC(=O)C(CC(C)C)NC(=O)OCc2ccccc2)ccc1O. The van der Waals surface area contributed by atoms with Crippen LogP contribution in [0.25, 0.3) is 0 Å². The number of ether oxygens (including phenoxy) is 2. The summed E-state index contributed by atoms with van der Waals surface area (Å²) in [5.74, 6) is -1.34. The third kappa shape index (κ3) is 6.80. The molecule has 8 nitrogen and oxygen atoms in total. The molecule has 0 bridgehead atoms. The van der Waals surface area contributed by atoms with Gasteiger partial charge in [-0.15, -0.1) is 0 Å². The number of amides is 2. The van der Waals surface area contributed by atoms with E-state index < -0.39 is 24.0 Å². The molecule has 1 unspecified atom stereocenters. The van der Waals surface area contributed by atoms with Gasteiger partial charge in [-0.25, -0.2) is 9.59 Å². The fraction of sp³-hybridized carbons (Fsp3) is 0.318. The molecule has 3 N–H and O–H groups in total. The van der Waals surface area contributed by atoms with Crippen molar-refractivity contribution in [1.82, 2.24) is 5.32 Å². The number of phenols is 1. The summed E-state index contributed by atoms with van der Waals surface area (Å²) in [5.41, 5.74) is 1.04. The quantitative estimate of drug-likeness (QED) is 0.450. The Bertz CT molecular complexity index is 882. The Morgan fingerprint density at radius 2 is 1.77 bits per heavy atom. The maximum Gasteiger partial charge on any atom is 0.408 e. The first-order chi connectivity index (χ1) is 14.3. The lowest BCUT2D eigenvalue weighted by Gasteiger charge is -2.20. The molecule has 0 radical (unpaired) electrons. The molecule has 2 amide bonds. The molecule has 2 aromatic carbocycles. The maximum atomic E-state index is 12.7. The molecule has 2 rings (SSSR count). The van der Waals surface area contributed by atoms with Crippen LogP contribution in [-0.2, 0) is 20.9 Å². The molecule has 160 valence electrons. The van der Waals surface area contributed by atoms with E-state index in [4.69, 9.17) is 4.74 Å². The van der Waals surface area contributed by atoms with E-state index in [1.807, 2.05) is 44.2 Å². The Morgan fingerprint density at radius 3 is 2.40 bits per heavy atom. The van der Waals surface area contributed by atoms with Crippen molar-refractivity contribution in [2.45, 2.75) is 32.9 Å². The molecule has 0 saturated heterocycles. The van der Waals surface area contributed by atoms with Crippen molar-refractivity contribution in [3.05, 3.63) is 59.7 Å². The minimum absolute atomic E-state index is 0.0778. The van der Waals surface area contributed by atoms with Gasteiger partial charge in [0.1, 0.15) is 24.0 Å². The normalized spacial score (nSPS) is 11.5. The molecule has 0 heterocycles. The zero-order chi connectivity index (χ0) is 22.1. The van der Waals surface area contributed by atoms with Gasteiger partial charge in [0.05, 0.1) is 7.11 Å². The maximum absolute atomic E-state index is 12.7. The molecule has 0 aliphatic carbocycles. The molecular formula is C22H26N2O6. The Morgan fingerprint density at radius 1 is 1.07 bits per heavy atom. The number of carbonyl (C=O) groups is 3. The molecule has 0 fully saturated rings. The van der Waals surface area contributed by atoms with E-state index in [1.54, 1.807) is 0 Å². The highest BCUT2D eigenvalue weighted by molar-refractivity contribution is 5.99. The van der Waals surface area contributed by atoms with Crippen LogP contribution in [0.3, 0.4) is 0 Å². The summed E-state index contributed by atoms with van der Waals surface area (Å²) < 4.78 is 9.81. The molecule has 0 aliphatic rings. The Hall–Kier alpha value is -3.55. The number of alkyl carbamates (subject to hydrolysis) is 1. The third-order valence-corrected chi connectivity index (χ3v) is 4.20. The van der Waals surface area contributed by atoms with Gasteiger partial charge in [0.2, 0.25) is 5.91 Å². The molecule has 0 saturated carbocycles. The van der Waals surface area contributed by atoms with E-state index in [2.05, 4.69) is 15.4 Å². The van der Waals surface area contributed by atoms with Crippen LogP contribution in [0.15, 0.2) is 48.5 Å². The lowest BCUT2D eigenvalue weighted by Crippen LogP contribution is -2.44. The predicted molar refractivity (Wildman–Crippen MR) is 111 cm³/mol. The minimum atomic E-state index is -0.844. The molecule has 30 heavy (non-hydrogen) atoms. The fourth-order valence-electron chi connectivity index (χ4n) is 2.73. The number of phenolic OH excluding ortho intramolecular Hbond substituents is 1. The Labute approximate surface area is 175 Å². The number of esters is 1. The van der Waals surface area contributed by atoms with Crippen molar-refractivity contribution < 1.29 is 29.0 Å². The number of methoxy groups -OCH3 is 1. The van der Waals surface area contributed by atoms with Gasteiger partial charge in [0.25, 0.3) is 0 Å². The minimum Gasteiger partial charge on any atom is -0.507 e. The van der Waals surface area contributed by atoms with E-state index in [-0.39, 0.29) is 29.5 Å². The molecule has 8 heteroatoms. The zero-order valence-electron chi connectivity index (χ0n) is 17.2. The van der Waals surface area contributed by atoms with Crippen molar-refractivity contribution in [3.63, 3.8) is 0 Å². The van der Waals surface area contributed by atoms with Crippen LogP contribution in [0, 0.1) is 5.92 Å². The van der Waals surface area contributed by atoms with Gasteiger partial charge in [0.15, 0.2) is 0 Å². The van der Waals surface area contributed by atoms with Crippen molar-refractivity contribution in [3.8, 4) is 5.75 Å². The van der Waals surface area contributed by atoms with E-state index in [0.29, 0.717) is 6.42 Å². The van der Waals surface area contributed by atoms with Gasteiger partial charge < -0.3 is 25.2 Å². The first-order valence-electron chi connectivity index (χ1n) is 9.49. The van der Waals surface area contributed by atoms with Crippen molar-refractivity contribution >= 4 is 23.7 Å². The first-order valence-corrected chi connectivity index (χ1v) is 9.49. The van der Waals surface area contributed by atoms with Crippen LogP contribution in [-0.4, -0.2) is 36.2 Å². The molecule has 0 spiro atoms. The van der Waals surface area contributed by atoms with Gasteiger partial charge in [-0.2, -0.15) is 0 Å². The number of aromatic hydroxyl groups is 1. The number of benzene rings is 2. The lowest BCUT2D eigenvalue weighted by molar-refractivity contribution is -0.118. The van der Waals surface area contributed by atoms with E-state index in [0.717, 1.165) is 5.56 Å². The number of hydrogen-bond acceptors (Lipinski definition) is 6. The van der Waals surface area contributed by atoms with Crippen LogP contribution in [0.2, 0.25) is 0 Å². The van der Waals surface area contributed by atoms with Crippen molar-refractivity contribution in [2.75, 3.05) is 12.4 Å². The van der Waals surface area contributed by atoms with E-state index >= 15 is 0 Å². The van der Waals surface area contributed by atoms with Crippen LogP contribution >= 0.6 is 0 Å². The summed E-state index contributed by atoms with van der Waals surface area (Å²) in [6.45, 7) is 3.93. The smallest absolute Gasteiger partial charge is 0.408 e. The number of carbonyl (C=O) groups excluding carboxylic acids is 3. The number of rotatable bonds is 8. The summed E-state index contributed by atoms with van der Waals surface area (Å²) in [5, 5.41) is 15.0. The molecular weight excluding hydrogens is 388 g/mol. The molecule has 0 aliphatic heterocycles. The zero-order valence-corrected chi connectivity index (χ0v) is 17.2. The van der Waals surface area contributed by atoms with Crippen LogP contribution < -0.4 is 10.6 Å². The molecule has 0 aromatic heterocycles. The molecule has 1 atom stereocenters. The van der Waals surface area contributed by atoms with Crippen LogP contribution in [0.5, 0.6) is 5.75 Å². The van der Waals surface area contributed by atoms with E-state index in [9.17, 15) is 19.5 Å². The van der Waals surface area contributed by atoms with Gasteiger partial charge in [0, 0.05) is 5.69 Å². The highest BCUT2D eigenvalue weighted by Crippen LogP contribution is 2.22. The van der Waals surface area contributed by atoms with Gasteiger partial charge in [-0.1, -0.05) is 44.2 Å². The summed E-state index contributed by atoms with van der Waals surface area (Å²) in [4.78, 5) is 36.6. The third-order valence-electron chi connectivity index (χ3n) is 4.20. The highest BCUT2D eigenvalue weighted by atomic mass is 16.5. The predicted octanol–water partition coefficient (Wildman–Crippen LogP) is 3.46. The molecule has 2 aromatic rings. The summed E-state index contributed by atoms with van der Waals surface area (Å²) in [6.07, 6.45) is -0.325. The topological polar surface area (TPSA) is 114 Å². The van der Waals surface area contributed by atoms with Crippen LogP contribution in [0.4, 0.5) is 10.5 Å². The number of anilines is 1. The monoisotopic (exact) mass is 414 g/mol. The lowest BCUT2D eigenvalue weighted by atomic mass is 10.0. The Kier molecular flexibility index (Phi) is 8.22. The van der Waals surface area contributed by atoms with Crippen molar-refractivity contribution in [2.24, 2.45) is 5.92 Å². The number of hydrogen-bond donors (Lipinski definition) is 3. The van der Waals surface area contributed by atoms with Crippen LogP contribution in [0.1, 0.15) is 36.2 Å². The average Bonchev–Trinajstić information content (AvgIpc) is 2.73. The second-order valence-corrected chi connectivity index (χ2v) is 7.10. The fourth-order valence-corrected chi connectivity index (χ4v) is 2.73. The van der Waals surface area contributed by atoms with E-state index in [1.165, 1.54) is 25.3 Å². The number of nitrogens with one attached hydrogen (secondary N) is 2. The van der Waals surface area contributed by atoms with Gasteiger partial charge in [-0.05, 0) is 36.1 Å². The summed E-state index contributed by atoms with van der Waals surface area (Å²) in [6, 6.07) is 12.4.